The van der Waals surface area contributed by atoms with Gasteiger partial charge in [-0.3, -0.25) is 9.18 Å². The lowest BCUT2D eigenvalue weighted by atomic mass is 9.84. The van der Waals surface area contributed by atoms with Crippen molar-refractivity contribution in [1.29, 1.82) is 0 Å². The van der Waals surface area contributed by atoms with E-state index in [0.717, 1.165) is 18.4 Å². The van der Waals surface area contributed by atoms with E-state index in [4.69, 9.17) is 4.18 Å². The van der Waals surface area contributed by atoms with Crippen LogP contribution in [0.15, 0.2) is 34.2 Å². The van der Waals surface area contributed by atoms with E-state index in [-0.39, 0.29) is 22.5 Å². The molecule has 0 atom stereocenters. The van der Waals surface area contributed by atoms with E-state index >= 15 is 0 Å². The Balaban J connectivity index is 2.94. The van der Waals surface area contributed by atoms with Gasteiger partial charge in [-0.2, -0.15) is 8.42 Å². The minimum absolute atomic E-state index is 0.107. The van der Waals surface area contributed by atoms with Crippen LogP contribution in [0.25, 0.3) is 0 Å². The van der Waals surface area contributed by atoms with E-state index in [1.807, 2.05) is 47.8 Å². The van der Waals surface area contributed by atoms with E-state index in [1.54, 1.807) is 24.3 Å². The highest BCUT2D eigenvalue weighted by Crippen LogP contribution is 2.27. The van der Waals surface area contributed by atoms with Crippen molar-refractivity contribution >= 4 is 16.3 Å². The predicted molar refractivity (Wildman–Crippen MR) is 95.6 cm³/mol. The standard InChI is InChI=1S/C18H29NO3S/c1-7-18(8-2,13-19-17(4,5)6)14-22-23(20,21)16-11-9-15(3)10-12-16/h9-13H,7-8,14H2,1-6H3. The molecule has 1 rings (SSSR count). The van der Waals surface area contributed by atoms with Crippen LogP contribution in [0, 0.1) is 12.3 Å². The fourth-order valence-electron chi connectivity index (χ4n) is 1.97. The highest BCUT2D eigenvalue weighted by molar-refractivity contribution is 7.86. The number of hydrogen-bond donors (Lipinski definition) is 0. The molecule has 0 saturated carbocycles. The Bertz CT molecular complexity index is 621. The first-order valence-electron chi connectivity index (χ1n) is 8.06. The molecule has 0 saturated heterocycles. The summed E-state index contributed by atoms with van der Waals surface area (Å²) in [6.45, 7) is 12.1. The van der Waals surface area contributed by atoms with Crippen molar-refractivity contribution in [1.82, 2.24) is 0 Å². The third-order valence-corrected chi connectivity index (χ3v) is 5.22. The fraction of sp³-hybridized carbons (Fsp3) is 0.611. The summed E-state index contributed by atoms with van der Waals surface area (Å²) < 4.78 is 30.1. The largest absolute Gasteiger partial charge is 0.297 e. The zero-order valence-electron chi connectivity index (χ0n) is 15.1. The molecule has 0 aliphatic rings. The van der Waals surface area contributed by atoms with E-state index in [0.29, 0.717) is 0 Å². The second kappa shape index (κ2) is 7.58. The van der Waals surface area contributed by atoms with Gasteiger partial charge in [0, 0.05) is 11.6 Å². The van der Waals surface area contributed by atoms with Crippen LogP contribution in [-0.2, 0) is 14.3 Å². The molecular weight excluding hydrogens is 310 g/mol. The van der Waals surface area contributed by atoms with Crippen molar-refractivity contribution < 1.29 is 12.6 Å². The van der Waals surface area contributed by atoms with Crippen molar-refractivity contribution in [3.8, 4) is 0 Å². The average Bonchev–Trinajstić information content (AvgIpc) is 2.48. The van der Waals surface area contributed by atoms with Gasteiger partial charge < -0.3 is 0 Å². The van der Waals surface area contributed by atoms with Gasteiger partial charge in [-0.15, -0.1) is 0 Å². The van der Waals surface area contributed by atoms with Crippen molar-refractivity contribution in [3.63, 3.8) is 0 Å². The van der Waals surface area contributed by atoms with Gasteiger partial charge in [0.1, 0.15) is 0 Å². The van der Waals surface area contributed by atoms with Gasteiger partial charge >= 0.3 is 0 Å². The summed E-state index contributed by atoms with van der Waals surface area (Å²) in [5, 5.41) is 0. The van der Waals surface area contributed by atoms with Gasteiger partial charge in [-0.1, -0.05) is 31.5 Å². The Labute approximate surface area is 141 Å². The molecule has 0 aromatic heterocycles. The van der Waals surface area contributed by atoms with Crippen LogP contribution in [0.3, 0.4) is 0 Å². The Hall–Kier alpha value is -1.20. The number of rotatable bonds is 7. The first-order chi connectivity index (χ1) is 10.5. The monoisotopic (exact) mass is 339 g/mol. The summed E-state index contributed by atoms with van der Waals surface area (Å²) in [5.74, 6) is 0. The molecule has 4 nitrogen and oxygen atoms in total. The van der Waals surface area contributed by atoms with Gasteiger partial charge in [0.15, 0.2) is 0 Å². The lowest BCUT2D eigenvalue weighted by Crippen LogP contribution is -2.30. The second-order valence-corrected chi connectivity index (χ2v) is 8.64. The first kappa shape index (κ1) is 19.8. The molecule has 0 heterocycles. The topological polar surface area (TPSA) is 55.7 Å². The van der Waals surface area contributed by atoms with Crippen LogP contribution >= 0.6 is 0 Å². The van der Waals surface area contributed by atoms with Crippen LogP contribution in [0.1, 0.15) is 53.0 Å². The molecule has 5 heteroatoms. The highest BCUT2D eigenvalue weighted by atomic mass is 32.2. The Morgan fingerprint density at radius 2 is 1.61 bits per heavy atom. The fourth-order valence-corrected chi connectivity index (χ4v) is 2.97. The first-order valence-corrected chi connectivity index (χ1v) is 9.47. The van der Waals surface area contributed by atoms with Crippen LogP contribution in [0.5, 0.6) is 0 Å². The summed E-state index contributed by atoms with van der Waals surface area (Å²) in [5.41, 5.74) is 0.453. The Morgan fingerprint density at radius 3 is 2.04 bits per heavy atom. The van der Waals surface area contributed by atoms with Crippen LogP contribution in [0.4, 0.5) is 0 Å². The molecule has 1 aromatic carbocycles. The number of benzene rings is 1. The van der Waals surface area contributed by atoms with Gasteiger partial charge in [0.2, 0.25) is 0 Å². The minimum atomic E-state index is -3.75. The summed E-state index contributed by atoms with van der Waals surface area (Å²) in [6, 6.07) is 6.69. The molecule has 0 unspecified atom stereocenters. The maximum Gasteiger partial charge on any atom is 0.297 e. The third kappa shape index (κ3) is 6.07. The van der Waals surface area contributed by atoms with Crippen LogP contribution < -0.4 is 0 Å². The zero-order valence-corrected chi connectivity index (χ0v) is 15.9. The number of aliphatic imine (C=N–C) groups is 1. The molecule has 1 aromatic rings. The predicted octanol–water partition coefficient (Wildman–Crippen LogP) is 4.38. The minimum Gasteiger partial charge on any atom is -0.291 e. The van der Waals surface area contributed by atoms with Crippen molar-refractivity contribution in [2.24, 2.45) is 10.4 Å². The normalized spacial score (nSPS) is 13.7. The zero-order chi connectivity index (χ0) is 17.7. The molecule has 0 amide bonds. The molecule has 0 bridgehead atoms. The molecule has 0 N–H and O–H groups in total. The quantitative estimate of drug-likeness (QED) is 0.547. The Morgan fingerprint density at radius 1 is 1.09 bits per heavy atom. The van der Waals surface area contributed by atoms with Crippen LogP contribution in [-0.4, -0.2) is 26.8 Å². The lowest BCUT2D eigenvalue weighted by Gasteiger charge is -2.28. The van der Waals surface area contributed by atoms with Gasteiger partial charge in [0.05, 0.1) is 17.0 Å². The van der Waals surface area contributed by atoms with Gasteiger partial charge in [0.25, 0.3) is 10.1 Å². The number of aryl methyl sites for hydroxylation is 1. The second-order valence-electron chi connectivity index (χ2n) is 7.03. The number of nitrogens with zero attached hydrogens (tertiary/aromatic N) is 1. The van der Waals surface area contributed by atoms with E-state index in [9.17, 15) is 8.42 Å². The van der Waals surface area contributed by atoms with E-state index in [1.165, 1.54) is 0 Å². The van der Waals surface area contributed by atoms with Gasteiger partial charge in [-0.05, 0) is 52.7 Å². The molecule has 23 heavy (non-hydrogen) atoms. The Kier molecular flexibility index (Phi) is 6.54. The molecular formula is C18H29NO3S. The summed E-state index contributed by atoms with van der Waals surface area (Å²) in [7, 11) is -3.75. The summed E-state index contributed by atoms with van der Waals surface area (Å²) in [4.78, 5) is 4.75. The summed E-state index contributed by atoms with van der Waals surface area (Å²) >= 11 is 0. The molecule has 0 spiro atoms. The third-order valence-electron chi connectivity index (χ3n) is 3.95. The highest BCUT2D eigenvalue weighted by Gasteiger charge is 2.29. The SMILES string of the molecule is CCC(C=NC(C)(C)C)(CC)COS(=O)(=O)c1ccc(C)cc1. The van der Waals surface area contributed by atoms with E-state index < -0.39 is 10.1 Å². The van der Waals surface area contributed by atoms with Crippen LogP contribution in [0.2, 0.25) is 0 Å². The smallest absolute Gasteiger partial charge is 0.291 e. The van der Waals surface area contributed by atoms with Crippen molar-refractivity contribution in [2.45, 2.75) is 64.8 Å². The molecule has 0 aliphatic carbocycles. The van der Waals surface area contributed by atoms with Gasteiger partial charge in [-0.25, -0.2) is 0 Å². The molecule has 0 fully saturated rings. The lowest BCUT2D eigenvalue weighted by molar-refractivity contribution is 0.205. The maximum absolute atomic E-state index is 12.4. The van der Waals surface area contributed by atoms with E-state index in [2.05, 4.69) is 4.99 Å². The molecule has 0 aliphatic heterocycles. The molecule has 130 valence electrons. The van der Waals surface area contributed by atoms with Crippen molar-refractivity contribution in [2.75, 3.05) is 6.61 Å². The summed E-state index contributed by atoms with van der Waals surface area (Å²) in [6.07, 6.45) is 3.41. The average molecular weight is 340 g/mol. The molecule has 0 radical (unpaired) electrons. The number of hydrogen-bond acceptors (Lipinski definition) is 4. The maximum atomic E-state index is 12.4. The van der Waals surface area contributed by atoms with Crippen molar-refractivity contribution in [3.05, 3.63) is 29.8 Å².